The number of thiocarbonyl (C=S) groups is 1. The molecule has 2 N–H and O–H groups in total. The fourth-order valence-corrected chi connectivity index (χ4v) is 3.60. The third kappa shape index (κ3) is 3.50. The van der Waals surface area contributed by atoms with Gasteiger partial charge in [0, 0.05) is 39.3 Å². The lowest BCUT2D eigenvalue weighted by atomic mass is 9.91. The van der Waals surface area contributed by atoms with Gasteiger partial charge in [-0.15, -0.1) is 0 Å². The molecule has 0 aromatic rings. The van der Waals surface area contributed by atoms with Gasteiger partial charge in [0.2, 0.25) is 0 Å². The quantitative estimate of drug-likeness (QED) is 0.799. The van der Waals surface area contributed by atoms with E-state index in [9.17, 15) is 0 Å². The molecule has 2 rings (SSSR count). The number of rotatable bonds is 4. The zero-order chi connectivity index (χ0) is 14.8. The van der Waals surface area contributed by atoms with Gasteiger partial charge in [-0.3, -0.25) is 9.80 Å². The van der Waals surface area contributed by atoms with Gasteiger partial charge < -0.3 is 10.5 Å². The summed E-state index contributed by atoms with van der Waals surface area (Å²) in [5, 5.41) is 0. The summed E-state index contributed by atoms with van der Waals surface area (Å²) in [5.41, 5.74) is 5.71. The van der Waals surface area contributed by atoms with Crippen LogP contribution in [0, 0.1) is 0 Å². The van der Waals surface area contributed by atoms with Crippen LogP contribution in [0.25, 0.3) is 0 Å². The topological polar surface area (TPSA) is 41.7 Å². The van der Waals surface area contributed by atoms with Crippen LogP contribution in [0.4, 0.5) is 0 Å². The second-order valence-corrected chi connectivity index (χ2v) is 7.06. The molecule has 1 heterocycles. The maximum Gasteiger partial charge on any atom is 0.0928 e. The molecule has 0 aromatic carbocycles. The lowest BCUT2D eigenvalue weighted by Gasteiger charge is -2.46. The van der Waals surface area contributed by atoms with Gasteiger partial charge in [0.25, 0.3) is 0 Å². The lowest BCUT2D eigenvalue weighted by Crippen LogP contribution is -2.60. The zero-order valence-corrected chi connectivity index (χ0v) is 13.9. The van der Waals surface area contributed by atoms with Crippen molar-refractivity contribution >= 4 is 17.2 Å². The molecular formula is C15H29N3OS. The number of hydrogen-bond acceptors (Lipinski definition) is 4. The summed E-state index contributed by atoms with van der Waals surface area (Å²) in [6.45, 7) is 8.61. The Bertz CT molecular complexity index is 340. The van der Waals surface area contributed by atoms with E-state index in [1.165, 1.54) is 25.7 Å². The molecule has 20 heavy (non-hydrogen) atoms. The van der Waals surface area contributed by atoms with Crippen LogP contribution in [0.1, 0.15) is 39.5 Å². The van der Waals surface area contributed by atoms with E-state index in [1.54, 1.807) is 0 Å². The summed E-state index contributed by atoms with van der Waals surface area (Å²) in [6.07, 6.45) is 5.48. The standard InChI is InChI=1S/C15H29N3OS/c1-15(2,14(16)20)18-9-7-17(8-10-18)12-5-4-6-13(11-12)19-3/h12-13H,4-11H2,1-3H3,(H2,16,20). The van der Waals surface area contributed by atoms with Gasteiger partial charge in [-0.05, 0) is 39.5 Å². The van der Waals surface area contributed by atoms with E-state index >= 15 is 0 Å². The number of piperazine rings is 1. The van der Waals surface area contributed by atoms with Crippen LogP contribution in [-0.4, -0.2) is 65.8 Å². The van der Waals surface area contributed by atoms with E-state index in [0.717, 1.165) is 26.2 Å². The summed E-state index contributed by atoms with van der Waals surface area (Å²) < 4.78 is 5.55. The molecule has 2 aliphatic rings. The second-order valence-electron chi connectivity index (χ2n) is 6.62. The van der Waals surface area contributed by atoms with Crippen molar-refractivity contribution in [1.29, 1.82) is 0 Å². The van der Waals surface area contributed by atoms with Crippen molar-refractivity contribution in [3.63, 3.8) is 0 Å². The van der Waals surface area contributed by atoms with Gasteiger partial charge in [0.15, 0.2) is 0 Å². The van der Waals surface area contributed by atoms with Crippen molar-refractivity contribution in [2.75, 3.05) is 33.3 Å². The Labute approximate surface area is 128 Å². The second kappa shape index (κ2) is 6.69. The minimum absolute atomic E-state index is 0.164. The average Bonchev–Trinajstić information content (AvgIpc) is 2.47. The molecule has 2 atom stereocenters. The SMILES string of the molecule is COC1CCCC(N2CCN(C(C)(C)C(N)=S)CC2)C1. The number of hydrogen-bond donors (Lipinski definition) is 1. The Morgan fingerprint density at radius 2 is 1.85 bits per heavy atom. The molecule has 0 spiro atoms. The van der Waals surface area contributed by atoms with E-state index < -0.39 is 0 Å². The maximum atomic E-state index is 5.87. The van der Waals surface area contributed by atoms with E-state index in [4.69, 9.17) is 22.7 Å². The molecule has 0 radical (unpaired) electrons. The highest BCUT2D eigenvalue weighted by molar-refractivity contribution is 7.80. The third-order valence-electron chi connectivity index (χ3n) is 5.16. The first-order valence-electron chi connectivity index (χ1n) is 7.77. The fraction of sp³-hybridized carbons (Fsp3) is 0.933. The summed E-state index contributed by atoms with van der Waals surface area (Å²) in [6, 6.07) is 0.698. The Morgan fingerprint density at radius 3 is 2.40 bits per heavy atom. The molecule has 1 aliphatic heterocycles. The summed E-state index contributed by atoms with van der Waals surface area (Å²) in [4.78, 5) is 5.66. The molecule has 1 saturated carbocycles. The highest BCUT2D eigenvalue weighted by atomic mass is 32.1. The van der Waals surface area contributed by atoms with Gasteiger partial charge in [-0.1, -0.05) is 12.2 Å². The Hall–Kier alpha value is -0.230. The van der Waals surface area contributed by atoms with Gasteiger partial charge in [-0.25, -0.2) is 0 Å². The summed E-state index contributed by atoms with van der Waals surface area (Å²) >= 11 is 5.20. The molecule has 4 nitrogen and oxygen atoms in total. The smallest absolute Gasteiger partial charge is 0.0928 e. The molecule has 0 bridgehead atoms. The summed E-state index contributed by atoms with van der Waals surface area (Å²) in [5.74, 6) is 0. The van der Waals surface area contributed by atoms with Crippen molar-refractivity contribution in [1.82, 2.24) is 9.80 Å². The van der Waals surface area contributed by atoms with Crippen molar-refractivity contribution in [2.24, 2.45) is 5.73 Å². The van der Waals surface area contributed by atoms with Gasteiger partial charge in [0.1, 0.15) is 0 Å². The number of ether oxygens (including phenoxy) is 1. The first kappa shape index (κ1) is 16.1. The molecule has 0 amide bonds. The molecular weight excluding hydrogens is 270 g/mol. The van der Waals surface area contributed by atoms with Gasteiger partial charge in [0.05, 0.1) is 16.6 Å². The van der Waals surface area contributed by atoms with Crippen LogP contribution in [0.2, 0.25) is 0 Å². The third-order valence-corrected chi connectivity index (χ3v) is 5.66. The fourth-order valence-electron chi connectivity index (χ4n) is 3.47. The highest BCUT2D eigenvalue weighted by Gasteiger charge is 2.35. The van der Waals surface area contributed by atoms with Crippen LogP contribution < -0.4 is 5.73 Å². The molecule has 5 heteroatoms. The zero-order valence-electron chi connectivity index (χ0n) is 13.1. The molecule has 0 aromatic heterocycles. The minimum Gasteiger partial charge on any atom is -0.392 e. The molecule has 2 fully saturated rings. The van der Waals surface area contributed by atoms with Crippen molar-refractivity contribution in [3.05, 3.63) is 0 Å². The maximum absolute atomic E-state index is 5.87. The van der Waals surface area contributed by atoms with E-state index in [0.29, 0.717) is 17.1 Å². The van der Waals surface area contributed by atoms with Crippen LogP contribution in [-0.2, 0) is 4.74 Å². The van der Waals surface area contributed by atoms with Crippen molar-refractivity contribution < 1.29 is 4.74 Å². The Balaban J connectivity index is 1.86. The lowest BCUT2D eigenvalue weighted by molar-refractivity contribution is 0.00299. The first-order valence-corrected chi connectivity index (χ1v) is 8.17. The number of methoxy groups -OCH3 is 1. The van der Waals surface area contributed by atoms with E-state index in [-0.39, 0.29) is 5.54 Å². The Kier molecular flexibility index (Phi) is 5.40. The highest BCUT2D eigenvalue weighted by Crippen LogP contribution is 2.27. The first-order chi connectivity index (χ1) is 9.45. The summed E-state index contributed by atoms with van der Waals surface area (Å²) in [7, 11) is 1.84. The van der Waals surface area contributed by atoms with Crippen LogP contribution in [0.5, 0.6) is 0 Å². The Morgan fingerprint density at radius 1 is 1.20 bits per heavy atom. The molecule has 1 aliphatic carbocycles. The number of nitrogens with zero attached hydrogens (tertiary/aromatic N) is 2. The normalized spacial score (nSPS) is 30.4. The van der Waals surface area contributed by atoms with Crippen LogP contribution in [0.3, 0.4) is 0 Å². The minimum atomic E-state index is -0.164. The van der Waals surface area contributed by atoms with Crippen LogP contribution in [0.15, 0.2) is 0 Å². The molecule has 1 saturated heterocycles. The van der Waals surface area contributed by atoms with Crippen LogP contribution >= 0.6 is 12.2 Å². The van der Waals surface area contributed by atoms with Gasteiger partial charge >= 0.3 is 0 Å². The predicted octanol–water partition coefficient (Wildman–Crippen LogP) is 1.63. The van der Waals surface area contributed by atoms with Crippen molar-refractivity contribution in [3.8, 4) is 0 Å². The number of nitrogens with two attached hydrogens (primary N) is 1. The predicted molar refractivity (Wildman–Crippen MR) is 87.1 cm³/mol. The van der Waals surface area contributed by atoms with Gasteiger partial charge in [-0.2, -0.15) is 0 Å². The molecule has 2 unspecified atom stereocenters. The molecule has 116 valence electrons. The van der Waals surface area contributed by atoms with E-state index in [1.807, 2.05) is 7.11 Å². The van der Waals surface area contributed by atoms with Crippen molar-refractivity contribution in [2.45, 2.75) is 57.2 Å². The monoisotopic (exact) mass is 299 g/mol. The largest absolute Gasteiger partial charge is 0.392 e. The average molecular weight is 299 g/mol. The van der Waals surface area contributed by atoms with E-state index in [2.05, 4.69) is 23.6 Å².